The van der Waals surface area contributed by atoms with Crippen LogP contribution in [0.4, 0.5) is 36.0 Å². The van der Waals surface area contributed by atoms with E-state index in [1.54, 1.807) is 85.8 Å². The number of rotatable bonds is 6. The Morgan fingerprint density at radius 3 is 2.25 bits per heavy atom. The zero-order chi connectivity index (χ0) is 43.6. The minimum absolute atomic E-state index is 0.0192. The number of halogens is 1. The first-order chi connectivity index (χ1) is 27.6. The Balaban J connectivity index is 1.61. The van der Waals surface area contributed by atoms with E-state index < -0.39 is 59.1 Å². The van der Waals surface area contributed by atoms with Crippen LogP contribution in [0.5, 0.6) is 0 Å². The molecule has 3 N–H and O–H groups in total. The number of pyridine rings is 1. The minimum Gasteiger partial charge on any atom is -0.481 e. The van der Waals surface area contributed by atoms with Crippen molar-refractivity contribution in [1.82, 2.24) is 9.88 Å². The van der Waals surface area contributed by atoms with Crippen molar-refractivity contribution >= 4 is 58.1 Å². The standard InChI is InChI=1S/C44H52FN5O9/c1-11-30(39(52)53)32-16-13-28-19-27(32)22-49(10)38(51)36(26-12-15-31(24(2)18-26)25(3)23-57-40(54)48-28)47-29-14-17-33-34(20-29)35(45)21-46-37(33)50(41(55)58-43(4,5)6)42(56)59-44(7,8)9/h12-21,25,30,36,47H,11,22-23H2,1-10H3,(H,48,54)(H,52,53)/t25-,30+,36+/m0/s1. The third-order valence-corrected chi connectivity index (χ3v) is 9.62. The van der Waals surface area contributed by atoms with Gasteiger partial charge in [0.1, 0.15) is 23.1 Å². The Morgan fingerprint density at radius 1 is 1.00 bits per heavy atom. The van der Waals surface area contributed by atoms with Crippen LogP contribution in [-0.4, -0.2) is 70.0 Å². The molecule has 0 spiro atoms. The summed E-state index contributed by atoms with van der Waals surface area (Å²) in [6.07, 6.45) is -1.65. The first kappa shape index (κ1) is 43.9. The number of carboxylic acids is 1. The van der Waals surface area contributed by atoms with E-state index in [0.29, 0.717) is 33.0 Å². The summed E-state index contributed by atoms with van der Waals surface area (Å²) >= 11 is 0. The lowest BCUT2D eigenvalue weighted by Gasteiger charge is -2.29. The highest BCUT2D eigenvalue weighted by molar-refractivity contribution is 6.14. The van der Waals surface area contributed by atoms with Gasteiger partial charge in [0.2, 0.25) is 5.91 Å². The summed E-state index contributed by atoms with van der Waals surface area (Å²) in [5.41, 5.74) is 1.99. The number of fused-ring (bicyclic) bond motifs is 10. The molecule has 3 atom stereocenters. The van der Waals surface area contributed by atoms with E-state index in [2.05, 4.69) is 15.6 Å². The van der Waals surface area contributed by atoms with E-state index >= 15 is 4.39 Å². The molecule has 3 heterocycles. The van der Waals surface area contributed by atoms with Crippen LogP contribution in [0.25, 0.3) is 10.8 Å². The number of carbonyl (C=O) groups is 5. The van der Waals surface area contributed by atoms with E-state index in [1.165, 1.54) is 17.0 Å². The topological polar surface area (TPSA) is 177 Å². The van der Waals surface area contributed by atoms with Gasteiger partial charge in [0.05, 0.1) is 18.7 Å². The van der Waals surface area contributed by atoms with E-state index in [0.717, 1.165) is 17.3 Å². The number of carboxylic acid groups (broad SMARTS) is 1. The number of aromatic nitrogens is 1. The Kier molecular flexibility index (Phi) is 12.9. The normalized spacial score (nSPS) is 16.8. The highest BCUT2D eigenvalue weighted by Gasteiger charge is 2.35. The van der Waals surface area contributed by atoms with E-state index in [9.17, 15) is 29.1 Å². The maximum atomic E-state index is 15.7. The molecule has 0 aliphatic carbocycles. The van der Waals surface area contributed by atoms with Crippen LogP contribution in [0.1, 0.15) is 108 Å². The number of likely N-dealkylation sites (N-methyl/N-ethyl adjacent to an activating group) is 1. The molecule has 4 bridgehead atoms. The van der Waals surface area contributed by atoms with Crippen molar-refractivity contribution in [3.63, 3.8) is 0 Å². The van der Waals surface area contributed by atoms with E-state index in [1.807, 2.05) is 26.0 Å². The number of nitrogens with one attached hydrogen (secondary N) is 2. The van der Waals surface area contributed by atoms with Crippen LogP contribution in [0.15, 0.2) is 60.8 Å². The number of benzene rings is 3. The minimum atomic E-state index is -1.07. The molecule has 4 amide bonds. The smallest absolute Gasteiger partial charge is 0.425 e. The van der Waals surface area contributed by atoms with Crippen LogP contribution >= 0.6 is 0 Å². The third kappa shape index (κ3) is 10.4. The predicted molar refractivity (Wildman–Crippen MR) is 221 cm³/mol. The van der Waals surface area contributed by atoms with Gasteiger partial charge in [-0.2, -0.15) is 4.90 Å². The summed E-state index contributed by atoms with van der Waals surface area (Å²) in [5, 5.41) is 16.1. The number of hydrogen-bond donors (Lipinski definition) is 3. The first-order valence-electron chi connectivity index (χ1n) is 19.3. The van der Waals surface area contributed by atoms with Crippen molar-refractivity contribution in [3.05, 3.63) is 94.4 Å². The molecule has 0 fully saturated rings. The van der Waals surface area contributed by atoms with Gasteiger partial charge in [0, 0.05) is 41.7 Å². The number of carbonyl (C=O) groups excluding carboxylic acids is 4. The van der Waals surface area contributed by atoms with Gasteiger partial charge in [-0.3, -0.25) is 14.9 Å². The van der Waals surface area contributed by atoms with E-state index in [-0.39, 0.29) is 42.1 Å². The molecule has 314 valence electrons. The molecule has 14 nitrogen and oxygen atoms in total. The highest BCUT2D eigenvalue weighted by atomic mass is 19.1. The molecule has 15 heteroatoms. The molecule has 3 aromatic carbocycles. The number of amides is 4. The van der Waals surface area contributed by atoms with Crippen molar-refractivity contribution in [2.24, 2.45) is 0 Å². The zero-order valence-corrected chi connectivity index (χ0v) is 35.1. The molecular weight excluding hydrogens is 762 g/mol. The molecule has 0 radical (unpaired) electrons. The van der Waals surface area contributed by atoms with Crippen molar-refractivity contribution in [3.8, 4) is 0 Å². The van der Waals surface area contributed by atoms with Crippen LogP contribution in [0, 0.1) is 12.7 Å². The fraction of sp³-hybridized carbons (Fsp3) is 0.409. The highest BCUT2D eigenvalue weighted by Crippen LogP contribution is 2.35. The number of anilines is 3. The number of imide groups is 1. The Labute approximate surface area is 343 Å². The van der Waals surface area contributed by atoms with Crippen LogP contribution in [-0.2, 0) is 30.3 Å². The maximum absolute atomic E-state index is 15.7. The Morgan fingerprint density at radius 2 is 1.66 bits per heavy atom. The number of aryl methyl sites for hydroxylation is 1. The molecule has 6 rings (SSSR count). The van der Waals surface area contributed by atoms with Crippen molar-refractivity contribution in [2.75, 3.05) is 29.2 Å². The van der Waals surface area contributed by atoms with Gasteiger partial charge in [0.25, 0.3) is 0 Å². The van der Waals surface area contributed by atoms with Crippen molar-refractivity contribution in [1.29, 1.82) is 0 Å². The lowest BCUT2D eigenvalue weighted by Crippen LogP contribution is -2.44. The molecular formula is C44H52FN5O9. The van der Waals surface area contributed by atoms with Gasteiger partial charge in [0.15, 0.2) is 5.82 Å². The fourth-order valence-electron chi connectivity index (χ4n) is 6.90. The van der Waals surface area contributed by atoms with Crippen LogP contribution in [0.2, 0.25) is 0 Å². The van der Waals surface area contributed by atoms with Gasteiger partial charge >= 0.3 is 24.2 Å². The average molecular weight is 814 g/mol. The van der Waals surface area contributed by atoms with Gasteiger partial charge in [-0.25, -0.2) is 23.8 Å². The molecule has 2 aliphatic heterocycles. The summed E-state index contributed by atoms with van der Waals surface area (Å²) in [6, 6.07) is 13.9. The summed E-state index contributed by atoms with van der Waals surface area (Å²) in [6.45, 7) is 15.4. The Bertz CT molecular complexity index is 2260. The second kappa shape index (κ2) is 17.3. The summed E-state index contributed by atoms with van der Waals surface area (Å²) in [7, 11) is 1.59. The SMILES string of the molecule is CC[C@@H](C(=O)O)c1ccc2cc1CN(C)C(=O)[C@H](Nc1ccc3c(N(C(=O)OC(C)(C)C)C(=O)OC(C)(C)C)ncc(F)c3c1)c1ccc(c(C)c1)[C@@H](C)COC(=O)N2. The second-order valence-corrected chi connectivity index (χ2v) is 16.7. The molecule has 0 saturated carbocycles. The van der Waals surface area contributed by atoms with Gasteiger partial charge in [-0.1, -0.05) is 38.1 Å². The number of hydrogen-bond acceptors (Lipinski definition) is 10. The molecule has 0 saturated heterocycles. The third-order valence-electron chi connectivity index (χ3n) is 9.62. The second-order valence-electron chi connectivity index (χ2n) is 16.7. The number of ether oxygens (including phenoxy) is 3. The lowest BCUT2D eigenvalue weighted by molar-refractivity contribution is -0.138. The molecule has 4 aromatic rings. The van der Waals surface area contributed by atoms with Crippen molar-refractivity contribution in [2.45, 2.75) is 104 Å². The quantitative estimate of drug-likeness (QED) is 0.158. The summed E-state index contributed by atoms with van der Waals surface area (Å²) in [5.74, 6) is -3.50. The van der Waals surface area contributed by atoms with Crippen LogP contribution < -0.4 is 15.5 Å². The van der Waals surface area contributed by atoms with Gasteiger partial charge in [-0.05, 0) is 113 Å². The van der Waals surface area contributed by atoms with Crippen molar-refractivity contribution < 1.29 is 47.7 Å². The molecule has 0 unspecified atom stereocenters. The molecule has 1 aromatic heterocycles. The van der Waals surface area contributed by atoms with Gasteiger partial charge in [-0.15, -0.1) is 0 Å². The first-order valence-corrected chi connectivity index (χ1v) is 19.3. The monoisotopic (exact) mass is 813 g/mol. The average Bonchev–Trinajstić information content (AvgIpc) is 3.12. The zero-order valence-electron chi connectivity index (χ0n) is 35.1. The lowest BCUT2D eigenvalue weighted by atomic mass is 9.91. The largest absolute Gasteiger partial charge is 0.481 e. The molecule has 2 aliphatic rings. The molecule has 59 heavy (non-hydrogen) atoms. The number of nitrogens with zero attached hydrogens (tertiary/aromatic N) is 3. The maximum Gasteiger partial charge on any atom is 0.425 e. The van der Waals surface area contributed by atoms with E-state index in [4.69, 9.17) is 14.2 Å². The Hall–Kier alpha value is -6.25. The fourth-order valence-corrected chi connectivity index (χ4v) is 6.90. The number of aliphatic carboxylic acids is 1. The summed E-state index contributed by atoms with van der Waals surface area (Å²) in [4.78, 5) is 73.0. The van der Waals surface area contributed by atoms with Gasteiger partial charge < -0.3 is 29.5 Å². The predicted octanol–water partition coefficient (Wildman–Crippen LogP) is 9.41. The summed E-state index contributed by atoms with van der Waals surface area (Å²) < 4.78 is 32.4. The van der Waals surface area contributed by atoms with Crippen LogP contribution in [0.3, 0.4) is 0 Å².